The van der Waals surface area contributed by atoms with Crippen LogP contribution in [0.25, 0.3) is 0 Å². The fraction of sp³-hybridized carbons (Fsp3) is 0.278. The predicted molar refractivity (Wildman–Crippen MR) is 83.1 cm³/mol. The van der Waals surface area contributed by atoms with Gasteiger partial charge < -0.3 is 4.74 Å². The number of benzene rings is 2. The Kier molecular flexibility index (Phi) is 6.32. The molecule has 2 aromatic rings. The number of nitriles is 1. The van der Waals surface area contributed by atoms with Gasteiger partial charge in [-0.25, -0.2) is 0 Å². The molecular weight excluding hydrogens is 246 g/mol. The number of ether oxygens (including phenoxy) is 1. The van der Waals surface area contributed by atoms with Gasteiger partial charge in [0.05, 0.1) is 5.56 Å². The van der Waals surface area contributed by atoms with Crippen LogP contribution in [-0.2, 0) is 6.42 Å². The van der Waals surface area contributed by atoms with Gasteiger partial charge in [0.1, 0.15) is 17.6 Å². The van der Waals surface area contributed by atoms with E-state index in [2.05, 4.69) is 6.07 Å². The maximum absolute atomic E-state index is 9.22. The summed E-state index contributed by atoms with van der Waals surface area (Å²) in [5.41, 5.74) is 2.83. The smallest absolute Gasteiger partial charge is 0.145 e. The molecule has 20 heavy (non-hydrogen) atoms. The fourth-order valence-corrected chi connectivity index (χ4v) is 1.82. The van der Waals surface area contributed by atoms with Crippen molar-refractivity contribution < 1.29 is 4.74 Å². The second kappa shape index (κ2) is 8.01. The van der Waals surface area contributed by atoms with Crippen molar-refractivity contribution >= 4 is 0 Å². The highest BCUT2D eigenvalue weighted by atomic mass is 16.5. The average molecular weight is 267 g/mol. The van der Waals surface area contributed by atoms with Gasteiger partial charge in [0.2, 0.25) is 0 Å². The van der Waals surface area contributed by atoms with Gasteiger partial charge in [-0.2, -0.15) is 5.26 Å². The second-order valence-electron chi connectivity index (χ2n) is 4.17. The molecule has 0 aliphatic carbocycles. The summed E-state index contributed by atoms with van der Waals surface area (Å²) in [6.07, 6.45) is 0.827. The van der Waals surface area contributed by atoms with Crippen molar-refractivity contribution in [3.63, 3.8) is 0 Å². The highest BCUT2D eigenvalue weighted by molar-refractivity contribution is 5.50. The standard InChI is InChI=1S/C16H15NO.C2H6/c1-3-13-5-4-6-16(15(13)11-17)18-14-9-7-12(2)8-10-14;1-2/h4-10H,3H2,1-2H3;1-2H3. The first-order valence-electron chi connectivity index (χ1n) is 7.01. The molecule has 0 fully saturated rings. The molecule has 0 unspecified atom stereocenters. The number of hydrogen-bond donors (Lipinski definition) is 0. The first-order chi connectivity index (χ1) is 9.74. The molecule has 2 nitrogen and oxygen atoms in total. The van der Waals surface area contributed by atoms with Crippen LogP contribution in [0.4, 0.5) is 0 Å². The minimum atomic E-state index is 0.626. The fourth-order valence-electron chi connectivity index (χ4n) is 1.82. The van der Waals surface area contributed by atoms with Crippen LogP contribution >= 0.6 is 0 Å². The van der Waals surface area contributed by atoms with Crippen LogP contribution in [0, 0.1) is 18.3 Å². The quantitative estimate of drug-likeness (QED) is 0.761. The van der Waals surface area contributed by atoms with Crippen LogP contribution in [0.5, 0.6) is 11.5 Å². The van der Waals surface area contributed by atoms with Crippen LogP contribution in [0.15, 0.2) is 42.5 Å². The number of rotatable bonds is 3. The van der Waals surface area contributed by atoms with Crippen molar-refractivity contribution in [2.45, 2.75) is 34.1 Å². The first-order valence-corrected chi connectivity index (χ1v) is 7.01. The van der Waals surface area contributed by atoms with Crippen LogP contribution in [0.1, 0.15) is 37.5 Å². The van der Waals surface area contributed by atoms with Crippen molar-refractivity contribution in [1.29, 1.82) is 5.26 Å². The van der Waals surface area contributed by atoms with Gasteiger partial charge in [0, 0.05) is 0 Å². The predicted octanol–water partition coefficient (Wildman–Crippen LogP) is 5.25. The zero-order valence-electron chi connectivity index (χ0n) is 12.6. The Morgan fingerprint density at radius 3 is 2.25 bits per heavy atom. The average Bonchev–Trinajstić information content (AvgIpc) is 2.51. The second-order valence-corrected chi connectivity index (χ2v) is 4.17. The van der Waals surface area contributed by atoms with Crippen molar-refractivity contribution in [2.75, 3.05) is 0 Å². The molecule has 0 aliphatic rings. The van der Waals surface area contributed by atoms with Crippen molar-refractivity contribution in [1.82, 2.24) is 0 Å². The third-order valence-electron chi connectivity index (χ3n) is 2.85. The molecule has 0 spiro atoms. The summed E-state index contributed by atoms with van der Waals surface area (Å²) in [5, 5.41) is 9.22. The van der Waals surface area contributed by atoms with Gasteiger partial charge in [-0.05, 0) is 37.1 Å². The number of hydrogen-bond acceptors (Lipinski definition) is 2. The molecule has 104 valence electrons. The molecular formula is C18H21NO. The summed E-state index contributed by atoms with van der Waals surface area (Å²) < 4.78 is 5.78. The SMILES string of the molecule is CC.CCc1cccc(Oc2ccc(C)cc2)c1C#N. The maximum Gasteiger partial charge on any atom is 0.145 e. The van der Waals surface area contributed by atoms with Crippen molar-refractivity contribution in [3.05, 3.63) is 59.2 Å². The lowest BCUT2D eigenvalue weighted by molar-refractivity contribution is 0.480. The van der Waals surface area contributed by atoms with Gasteiger partial charge >= 0.3 is 0 Å². The van der Waals surface area contributed by atoms with Gasteiger partial charge in [-0.3, -0.25) is 0 Å². The van der Waals surface area contributed by atoms with E-state index in [0.717, 1.165) is 17.7 Å². The van der Waals surface area contributed by atoms with E-state index in [0.29, 0.717) is 11.3 Å². The Bertz CT molecular complexity index is 579. The summed E-state index contributed by atoms with van der Waals surface area (Å²) in [6.45, 7) is 8.06. The van der Waals surface area contributed by atoms with E-state index in [1.807, 2.05) is 70.2 Å². The van der Waals surface area contributed by atoms with Crippen LogP contribution in [0.3, 0.4) is 0 Å². The van der Waals surface area contributed by atoms with Crippen molar-refractivity contribution in [3.8, 4) is 17.6 Å². The summed E-state index contributed by atoms with van der Waals surface area (Å²) in [6, 6.07) is 15.7. The number of aryl methyl sites for hydroxylation is 2. The molecule has 0 atom stereocenters. The van der Waals surface area contributed by atoms with E-state index in [-0.39, 0.29) is 0 Å². The zero-order chi connectivity index (χ0) is 15.0. The third kappa shape index (κ3) is 3.86. The molecule has 2 heteroatoms. The Balaban J connectivity index is 0.000000956. The van der Waals surface area contributed by atoms with Gasteiger partial charge in [-0.15, -0.1) is 0 Å². The lowest BCUT2D eigenvalue weighted by Gasteiger charge is -2.10. The van der Waals surface area contributed by atoms with Gasteiger partial charge in [0.15, 0.2) is 0 Å². The number of nitrogens with zero attached hydrogens (tertiary/aromatic N) is 1. The Morgan fingerprint density at radius 1 is 1.05 bits per heavy atom. The largest absolute Gasteiger partial charge is 0.456 e. The van der Waals surface area contributed by atoms with Crippen LogP contribution in [0.2, 0.25) is 0 Å². The van der Waals surface area contributed by atoms with E-state index in [1.54, 1.807) is 0 Å². The van der Waals surface area contributed by atoms with E-state index in [4.69, 9.17) is 4.74 Å². The molecule has 0 amide bonds. The lowest BCUT2D eigenvalue weighted by atomic mass is 10.1. The normalized spacial score (nSPS) is 9.15. The highest BCUT2D eigenvalue weighted by Crippen LogP contribution is 2.27. The molecule has 0 aromatic heterocycles. The summed E-state index contributed by atoms with van der Waals surface area (Å²) >= 11 is 0. The Morgan fingerprint density at radius 2 is 1.70 bits per heavy atom. The Labute approximate surface area is 121 Å². The van der Waals surface area contributed by atoms with E-state index < -0.39 is 0 Å². The summed E-state index contributed by atoms with van der Waals surface area (Å²) in [5.74, 6) is 1.38. The van der Waals surface area contributed by atoms with E-state index >= 15 is 0 Å². The molecule has 0 aliphatic heterocycles. The molecule has 0 saturated carbocycles. The molecule has 2 rings (SSSR count). The van der Waals surface area contributed by atoms with Gasteiger partial charge in [-0.1, -0.05) is 50.6 Å². The molecule has 0 heterocycles. The van der Waals surface area contributed by atoms with E-state index in [1.165, 1.54) is 5.56 Å². The molecule has 2 aromatic carbocycles. The monoisotopic (exact) mass is 267 g/mol. The minimum absolute atomic E-state index is 0.626. The molecule has 0 N–H and O–H groups in total. The zero-order valence-corrected chi connectivity index (χ0v) is 12.6. The minimum Gasteiger partial charge on any atom is -0.456 e. The van der Waals surface area contributed by atoms with Gasteiger partial charge in [0.25, 0.3) is 0 Å². The third-order valence-corrected chi connectivity index (χ3v) is 2.85. The van der Waals surface area contributed by atoms with E-state index in [9.17, 15) is 5.26 Å². The first kappa shape index (κ1) is 15.8. The maximum atomic E-state index is 9.22. The molecule has 0 radical (unpaired) electrons. The highest BCUT2D eigenvalue weighted by Gasteiger charge is 2.08. The summed E-state index contributed by atoms with van der Waals surface area (Å²) in [4.78, 5) is 0. The van der Waals surface area contributed by atoms with Crippen LogP contribution in [-0.4, -0.2) is 0 Å². The summed E-state index contributed by atoms with van der Waals surface area (Å²) in [7, 11) is 0. The lowest BCUT2D eigenvalue weighted by Crippen LogP contribution is -1.93. The molecule has 0 saturated heterocycles. The Hall–Kier alpha value is -2.27. The topological polar surface area (TPSA) is 33.0 Å². The van der Waals surface area contributed by atoms with Crippen molar-refractivity contribution in [2.24, 2.45) is 0 Å². The van der Waals surface area contributed by atoms with Crippen LogP contribution < -0.4 is 4.74 Å². The molecule has 0 bridgehead atoms.